The number of β-amino-alcohol motifs (C(OH)–C–C–N with tert-alkyl or cyclic N) is 1. The number of aromatic nitrogens is 1. The summed E-state index contributed by atoms with van der Waals surface area (Å²) in [5, 5.41) is 18.5. The molecule has 7 nitrogen and oxygen atoms in total. The lowest BCUT2D eigenvalue weighted by Crippen LogP contribution is -2.48. The Morgan fingerprint density at radius 1 is 1.30 bits per heavy atom. The molecule has 1 saturated heterocycles. The summed E-state index contributed by atoms with van der Waals surface area (Å²) in [5.41, 5.74) is 0.221. The number of thiazole rings is 1. The molecule has 9 heteroatoms. The van der Waals surface area contributed by atoms with Crippen LogP contribution in [-0.4, -0.2) is 79.0 Å². The standard InChI is InChI=1S/C21H33N5O2S.HI/c1-3-22-20(24-15-21(2,27)16-26-11-13-28-14-12-26)23-10-6-9-19-25-17-7-4-5-8-18(17)29-19;/h4-5,7-8,27H,3,6,9-16H2,1-2H3,(H2,22,23,24);1H. The Labute approximate surface area is 200 Å². The van der Waals surface area contributed by atoms with Crippen LogP contribution in [-0.2, 0) is 11.2 Å². The van der Waals surface area contributed by atoms with E-state index in [2.05, 4.69) is 43.7 Å². The van der Waals surface area contributed by atoms with Gasteiger partial charge in [-0.1, -0.05) is 12.1 Å². The van der Waals surface area contributed by atoms with Crippen LogP contribution in [0.4, 0.5) is 0 Å². The van der Waals surface area contributed by atoms with E-state index in [1.807, 2.05) is 19.9 Å². The fraction of sp³-hybridized carbons (Fsp3) is 0.619. The number of aliphatic hydroxyl groups is 1. The zero-order chi connectivity index (χ0) is 20.5. The number of fused-ring (bicyclic) bond motifs is 1. The van der Waals surface area contributed by atoms with Crippen molar-refractivity contribution in [3.8, 4) is 0 Å². The Kier molecular flexibility index (Phi) is 10.7. The van der Waals surface area contributed by atoms with Gasteiger partial charge in [0, 0.05) is 39.1 Å². The van der Waals surface area contributed by atoms with E-state index >= 15 is 0 Å². The first-order valence-corrected chi connectivity index (χ1v) is 11.3. The molecule has 0 saturated carbocycles. The Morgan fingerprint density at radius 2 is 2.07 bits per heavy atom. The quantitative estimate of drug-likeness (QED) is 0.194. The lowest BCUT2D eigenvalue weighted by atomic mass is 10.1. The molecule has 0 bridgehead atoms. The van der Waals surface area contributed by atoms with E-state index in [4.69, 9.17) is 4.74 Å². The lowest BCUT2D eigenvalue weighted by Gasteiger charge is -2.33. The van der Waals surface area contributed by atoms with Gasteiger partial charge >= 0.3 is 0 Å². The van der Waals surface area contributed by atoms with Gasteiger partial charge in [0.2, 0.25) is 0 Å². The smallest absolute Gasteiger partial charge is 0.191 e. The molecule has 0 amide bonds. The van der Waals surface area contributed by atoms with Crippen molar-refractivity contribution in [1.29, 1.82) is 0 Å². The third kappa shape index (κ3) is 8.26. The average Bonchev–Trinajstić information content (AvgIpc) is 3.12. The number of benzene rings is 1. The summed E-state index contributed by atoms with van der Waals surface area (Å²) >= 11 is 1.77. The highest BCUT2D eigenvalue weighted by Crippen LogP contribution is 2.22. The van der Waals surface area contributed by atoms with E-state index < -0.39 is 5.60 Å². The number of morpholine rings is 1. The van der Waals surface area contributed by atoms with Crippen LogP contribution in [0.15, 0.2) is 29.3 Å². The Bertz CT molecular complexity index is 760. The minimum Gasteiger partial charge on any atom is -0.387 e. The van der Waals surface area contributed by atoms with Crippen LogP contribution < -0.4 is 10.6 Å². The van der Waals surface area contributed by atoms with Crippen molar-refractivity contribution in [2.24, 2.45) is 4.99 Å². The summed E-state index contributed by atoms with van der Waals surface area (Å²) in [7, 11) is 0. The van der Waals surface area contributed by atoms with Crippen molar-refractivity contribution in [2.45, 2.75) is 32.3 Å². The van der Waals surface area contributed by atoms with E-state index in [0.29, 0.717) is 13.1 Å². The largest absolute Gasteiger partial charge is 0.387 e. The highest BCUT2D eigenvalue weighted by molar-refractivity contribution is 14.0. The number of aliphatic imine (C=N–C) groups is 1. The molecule has 1 atom stereocenters. The minimum atomic E-state index is -0.860. The SMILES string of the molecule is CCNC(=NCC(C)(O)CN1CCOCC1)NCCCc1nc2ccccc2s1.I. The molecular weight excluding hydrogens is 513 g/mol. The van der Waals surface area contributed by atoms with Gasteiger partial charge in [-0.2, -0.15) is 0 Å². The third-order valence-corrected chi connectivity index (χ3v) is 5.88. The molecule has 3 rings (SSSR count). The van der Waals surface area contributed by atoms with E-state index in [9.17, 15) is 5.11 Å². The molecule has 1 unspecified atom stereocenters. The van der Waals surface area contributed by atoms with Crippen LogP contribution in [0, 0.1) is 0 Å². The second-order valence-corrected chi connectivity index (χ2v) is 8.80. The number of nitrogens with one attached hydrogen (secondary N) is 2. The zero-order valence-electron chi connectivity index (χ0n) is 17.9. The van der Waals surface area contributed by atoms with Gasteiger partial charge in [0.25, 0.3) is 0 Å². The normalized spacial score (nSPS) is 17.4. The van der Waals surface area contributed by atoms with Crippen molar-refractivity contribution < 1.29 is 9.84 Å². The molecule has 2 aromatic rings. The minimum absolute atomic E-state index is 0. The van der Waals surface area contributed by atoms with Crippen LogP contribution in [0.25, 0.3) is 10.2 Å². The molecule has 0 spiro atoms. The zero-order valence-corrected chi connectivity index (χ0v) is 21.0. The van der Waals surface area contributed by atoms with Gasteiger partial charge < -0.3 is 20.5 Å². The number of rotatable bonds is 9. The van der Waals surface area contributed by atoms with Crippen LogP contribution in [0.3, 0.4) is 0 Å². The predicted octanol–water partition coefficient (Wildman–Crippen LogP) is 2.49. The number of hydrogen-bond donors (Lipinski definition) is 3. The monoisotopic (exact) mass is 547 g/mol. The first-order chi connectivity index (χ1) is 14.1. The second kappa shape index (κ2) is 12.7. The number of halogens is 1. The van der Waals surface area contributed by atoms with E-state index in [1.165, 1.54) is 9.71 Å². The molecule has 1 fully saturated rings. The van der Waals surface area contributed by atoms with E-state index in [1.54, 1.807) is 11.3 Å². The first kappa shape index (κ1) is 25.3. The van der Waals surface area contributed by atoms with E-state index in [0.717, 1.165) is 63.7 Å². The summed E-state index contributed by atoms with van der Waals surface area (Å²) < 4.78 is 6.62. The number of para-hydroxylation sites is 1. The molecule has 30 heavy (non-hydrogen) atoms. The number of hydrogen-bond acceptors (Lipinski definition) is 6. The molecule has 1 aromatic heterocycles. The topological polar surface area (TPSA) is 82.0 Å². The lowest BCUT2D eigenvalue weighted by molar-refractivity contribution is -0.0179. The summed E-state index contributed by atoms with van der Waals surface area (Å²) in [6.07, 6.45) is 1.93. The Morgan fingerprint density at radius 3 is 2.80 bits per heavy atom. The van der Waals surface area contributed by atoms with E-state index in [-0.39, 0.29) is 24.0 Å². The number of ether oxygens (including phenoxy) is 1. The van der Waals surface area contributed by atoms with Gasteiger partial charge in [0.15, 0.2) is 5.96 Å². The molecular formula is C21H34IN5O2S. The highest BCUT2D eigenvalue weighted by atomic mass is 127. The fourth-order valence-corrected chi connectivity index (χ4v) is 4.36. The average molecular weight is 548 g/mol. The van der Waals surface area contributed by atoms with Crippen LogP contribution in [0.2, 0.25) is 0 Å². The third-order valence-electron chi connectivity index (χ3n) is 4.79. The van der Waals surface area contributed by atoms with Crippen LogP contribution in [0.5, 0.6) is 0 Å². The van der Waals surface area contributed by atoms with Crippen molar-refractivity contribution in [2.75, 3.05) is 52.5 Å². The summed E-state index contributed by atoms with van der Waals surface area (Å²) in [5.74, 6) is 0.749. The van der Waals surface area contributed by atoms with Crippen molar-refractivity contribution in [1.82, 2.24) is 20.5 Å². The molecule has 1 aliphatic heterocycles. The van der Waals surface area contributed by atoms with Gasteiger partial charge in [-0.15, -0.1) is 35.3 Å². The number of guanidine groups is 1. The fourth-order valence-electron chi connectivity index (χ4n) is 3.36. The number of nitrogens with zero attached hydrogens (tertiary/aromatic N) is 3. The summed E-state index contributed by atoms with van der Waals surface area (Å²) in [6, 6.07) is 8.26. The highest BCUT2D eigenvalue weighted by Gasteiger charge is 2.25. The van der Waals surface area contributed by atoms with Gasteiger partial charge in [-0.25, -0.2) is 4.98 Å². The second-order valence-electron chi connectivity index (χ2n) is 7.69. The maximum Gasteiger partial charge on any atom is 0.191 e. The maximum absolute atomic E-state index is 10.7. The molecule has 168 valence electrons. The Hall–Kier alpha value is -1.01. The molecule has 3 N–H and O–H groups in total. The van der Waals surface area contributed by atoms with Gasteiger partial charge in [-0.05, 0) is 32.4 Å². The van der Waals surface area contributed by atoms with Crippen LogP contribution in [0.1, 0.15) is 25.3 Å². The van der Waals surface area contributed by atoms with Gasteiger partial charge in [0.1, 0.15) is 0 Å². The number of aryl methyl sites for hydroxylation is 1. The van der Waals surface area contributed by atoms with Gasteiger partial charge in [-0.3, -0.25) is 9.89 Å². The van der Waals surface area contributed by atoms with Gasteiger partial charge in [0.05, 0.1) is 40.6 Å². The van der Waals surface area contributed by atoms with Crippen molar-refractivity contribution >= 4 is 51.5 Å². The predicted molar refractivity (Wildman–Crippen MR) is 135 cm³/mol. The summed E-state index contributed by atoms with van der Waals surface area (Å²) in [6.45, 7) is 9.66. The Balaban J connectivity index is 0.00000320. The molecule has 0 radical (unpaired) electrons. The molecule has 1 aliphatic rings. The van der Waals surface area contributed by atoms with Crippen LogP contribution >= 0.6 is 35.3 Å². The maximum atomic E-state index is 10.7. The summed E-state index contributed by atoms with van der Waals surface area (Å²) in [4.78, 5) is 11.5. The molecule has 2 heterocycles. The van der Waals surface area contributed by atoms with Crippen molar-refractivity contribution in [3.63, 3.8) is 0 Å². The van der Waals surface area contributed by atoms with Crippen molar-refractivity contribution in [3.05, 3.63) is 29.3 Å². The first-order valence-electron chi connectivity index (χ1n) is 10.4. The molecule has 0 aliphatic carbocycles. The molecule has 1 aromatic carbocycles.